The summed E-state index contributed by atoms with van der Waals surface area (Å²) < 4.78 is 7.56. The second-order valence-electron chi connectivity index (χ2n) is 7.09. The molecule has 28 heavy (non-hydrogen) atoms. The van der Waals surface area contributed by atoms with Gasteiger partial charge in [-0.3, -0.25) is 4.79 Å². The molecule has 0 amide bonds. The van der Waals surface area contributed by atoms with Crippen molar-refractivity contribution < 1.29 is 14.5 Å². The van der Waals surface area contributed by atoms with E-state index in [9.17, 15) is 14.9 Å². The quantitative estimate of drug-likeness (QED) is 0.289. The summed E-state index contributed by atoms with van der Waals surface area (Å²) >= 11 is 0. The van der Waals surface area contributed by atoms with Crippen LogP contribution in [0.2, 0.25) is 0 Å². The molecule has 0 aromatic carbocycles. The van der Waals surface area contributed by atoms with Crippen molar-refractivity contribution in [2.45, 2.75) is 52.5 Å². The second-order valence-corrected chi connectivity index (χ2v) is 7.09. The SMILES string of the molecule is Cc1cc(C(=O)COc2cccnc2[N+](=O)[O-])c(C)n1CCC1=CCCCC1. The lowest BCUT2D eigenvalue weighted by atomic mass is 9.97. The molecular weight excluding hydrogens is 358 g/mol. The van der Waals surface area contributed by atoms with Gasteiger partial charge >= 0.3 is 5.82 Å². The van der Waals surface area contributed by atoms with Gasteiger partial charge in [0.05, 0.1) is 0 Å². The third kappa shape index (κ3) is 4.47. The molecule has 0 radical (unpaired) electrons. The highest BCUT2D eigenvalue weighted by Gasteiger charge is 2.20. The molecule has 0 spiro atoms. The standard InChI is InChI=1S/C21H25N3O4/c1-15-13-18(16(2)23(15)12-10-17-7-4-3-5-8-17)19(25)14-28-20-9-6-11-22-21(20)24(26)27/h6-7,9,11,13H,3-5,8,10,12,14H2,1-2H3. The van der Waals surface area contributed by atoms with Crippen molar-refractivity contribution in [2.75, 3.05) is 6.61 Å². The zero-order valence-electron chi connectivity index (χ0n) is 16.3. The van der Waals surface area contributed by atoms with Gasteiger partial charge in [-0.25, -0.2) is 0 Å². The number of allylic oxidation sites excluding steroid dienone is 2. The van der Waals surface area contributed by atoms with Gasteiger partial charge < -0.3 is 19.4 Å². The van der Waals surface area contributed by atoms with E-state index >= 15 is 0 Å². The van der Waals surface area contributed by atoms with E-state index < -0.39 is 4.92 Å². The van der Waals surface area contributed by atoms with Crippen LogP contribution in [-0.2, 0) is 6.54 Å². The Hall–Kier alpha value is -2.96. The molecule has 0 saturated carbocycles. The maximum atomic E-state index is 12.7. The number of rotatable bonds is 8. The Kier molecular flexibility index (Phi) is 6.23. The molecule has 7 nitrogen and oxygen atoms in total. The topological polar surface area (TPSA) is 87.3 Å². The lowest BCUT2D eigenvalue weighted by molar-refractivity contribution is -0.390. The predicted molar refractivity (Wildman–Crippen MR) is 106 cm³/mol. The van der Waals surface area contributed by atoms with Gasteiger partial charge in [0.1, 0.15) is 6.20 Å². The van der Waals surface area contributed by atoms with Gasteiger partial charge in [0.2, 0.25) is 11.5 Å². The molecule has 1 aliphatic rings. The fourth-order valence-corrected chi connectivity index (χ4v) is 3.67. The van der Waals surface area contributed by atoms with Crippen molar-refractivity contribution in [1.29, 1.82) is 0 Å². The summed E-state index contributed by atoms with van der Waals surface area (Å²) in [5, 5.41) is 11.0. The number of ether oxygens (including phenoxy) is 1. The van der Waals surface area contributed by atoms with Crippen LogP contribution in [-0.4, -0.2) is 26.9 Å². The van der Waals surface area contributed by atoms with Gasteiger partial charge in [0, 0.05) is 23.5 Å². The Morgan fingerprint density at radius 2 is 2.18 bits per heavy atom. The van der Waals surface area contributed by atoms with E-state index in [2.05, 4.69) is 15.6 Å². The number of nitrogens with zero attached hydrogens (tertiary/aromatic N) is 3. The molecule has 2 heterocycles. The van der Waals surface area contributed by atoms with Crippen molar-refractivity contribution in [3.63, 3.8) is 0 Å². The molecular formula is C21H25N3O4. The largest absolute Gasteiger partial charge is 0.477 e. The third-order valence-corrected chi connectivity index (χ3v) is 5.20. The molecule has 0 N–H and O–H groups in total. The van der Waals surface area contributed by atoms with Gasteiger partial charge in [-0.15, -0.1) is 0 Å². The number of ketones is 1. The van der Waals surface area contributed by atoms with E-state index in [0.717, 1.165) is 24.4 Å². The van der Waals surface area contributed by atoms with Gasteiger partial charge in [0.25, 0.3) is 0 Å². The third-order valence-electron chi connectivity index (χ3n) is 5.20. The number of aryl methyl sites for hydroxylation is 1. The summed E-state index contributed by atoms with van der Waals surface area (Å²) in [6.45, 7) is 4.52. The summed E-state index contributed by atoms with van der Waals surface area (Å²) in [5.41, 5.74) is 4.04. The maximum Gasteiger partial charge on any atom is 0.406 e. The van der Waals surface area contributed by atoms with Crippen LogP contribution in [0.15, 0.2) is 36.0 Å². The Labute approximate surface area is 164 Å². The highest BCUT2D eigenvalue weighted by Crippen LogP contribution is 2.25. The lowest BCUT2D eigenvalue weighted by Gasteiger charge is -2.15. The van der Waals surface area contributed by atoms with E-state index in [-0.39, 0.29) is 24.0 Å². The van der Waals surface area contributed by atoms with Crippen molar-refractivity contribution in [2.24, 2.45) is 0 Å². The normalized spacial score (nSPS) is 13.9. The van der Waals surface area contributed by atoms with Crippen molar-refractivity contribution in [3.05, 3.63) is 63.1 Å². The first-order chi connectivity index (χ1) is 13.5. The van der Waals surface area contributed by atoms with Crippen LogP contribution in [0.1, 0.15) is 53.8 Å². The van der Waals surface area contributed by atoms with Gasteiger partial charge in [-0.1, -0.05) is 11.6 Å². The smallest absolute Gasteiger partial charge is 0.406 e. The Bertz CT molecular complexity index is 914. The number of aromatic nitrogens is 2. The van der Waals surface area contributed by atoms with Crippen LogP contribution < -0.4 is 4.74 Å². The molecule has 7 heteroatoms. The van der Waals surface area contributed by atoms with E-state index in [1.807, 2.05) is 19.9 Å². The zero-order valence-corrected chi connectivity index (χ0v) is 16.3. The Morgan fingerprint density at radius 3 is 2.89 bits per heavy atom. The summed E-state index contributed by atoms with van der Waals surface area (Å²) in [6, 6.07) is 4.85. The summed E-state index contributed by atoms with van der Waals surface area (Å²) in [4.78, 5) is 26.7. The van der Waals surface area contributed by atoms with E-state index in [0.29, 0.717) is 5.56 Å². The number of hydrogen-bond acceptors (Lipinski definition) is 5. The number of carbonyl (C=O) groups excluding carboxylic acids is 1. The first-order valence-corrected chi connectivity index (χ1v) is 9.57. The Morgan fingerprint density at radius 1 is 1.36 bits per heavy atom. The average molecular weight is 383 g/mol. The predicted octanol–water partition coefficient (Wildman–Crippen LogP) is 4.56. The molecule has 0 saturated heterocycles. The average Bonchev–Trinajstić information content (AvgIpc) is 2.99. The summed E-state index contributed by atoms with van der Waals surface area (Å²) in [7, 11) is 0. The molecule has 0 bridgehead atoms. The van der Waals surface area contributed by atoms with E-state index in [1.54, 1.807) is 6.07 Å². The molecule has 2 aromatic heterocycles. The molecule has 0 unspecified atom stereocenters. The second kappa shape index (κ2) is 8.82. The monoisotopic (exact) mass is 383 g/mol. The lowest BCUT2D eigenvalue weighted by Crippen LogP contribution is -2.14. The molecule has 1 aliphatic carbocycles. The number of Topliss-reactive ketones (excluding diaryl/α,β-unsaturated/α-hetero) is 1. The maximum absolute atomic E-state index is 12.7. The van der Waals surface area contributed by atoms with Crippen LogP contribution >= 0.6 is 0 Å². The fraction of sp³-hybridized carbons (Fsp3) is 0.429. The Balaban J connectivity index is 1.67. The van der Waals surface area contributed by atoms with Crippen molar-refractivity contribution in [1.82, 2.24) is 9.55 Å². The van der Waals surface area contributed by atoms with Crippen LogP contribution in [0.25, 0.3) is 0 Å². The number of carbonyl (C=O) groups is 1. The molecule has 0 atom stereocenters. The summed E-state index contributed by atoms with van der Waals surface area (Å²) in [6.07, 6.45) is 9.54. The highest BCUT2D eigenvalue weighted by molar-refractivity contribution is 5.98. The molecule has 2 aromatic rings. The first-order valence-electron chi connectivity index (χ1n) is 9.57. The minimum Gasteiger partial charge on any atom is -0.477 e. The zero-order chi connectivity index (χ0) is 20.1. The number of pyridine rings is 1. The van der Waals surface area contributed by atoms with E-state index in [4.69, 9.17) is 4.74 Å². The van der Waals surface area contributed by atoms with Crippen LogP contribution in [0.3, 0.4) is 0 Å². The number of nitro groups is 1. The van der Waals surface area contributed by atoms with Crippen LogP contribution in [0, 0.1) is 24.0 Å². The van der Waals surface area contributed by atoms with Crippen LogP contribution in [0.4, 0.5) is 5.82 Å². The first kappa shape index (κ1) is 19.8. The molecule has 0 fully saturated rings. The molecule has 0 aliphatic heterocycles. The van der Waals surface area contributed by atoms with E-state index in [1.165, 1.54) is 43.5 Å². The molecule has 148 valence electrons. The van der Waals surface area contributed by atoms with Crippen molar-refractivity contribution >= 4 is 11.6 Å². The minimum absolute atomic E-state index is 0.00102. The number of hydrogen-bond donors (Lipinski definition) is 0. The molecule has 3 rings (SSSR count). The minimum atomic E-state index is -0.619. The van der Waals surface area contributed by atoms with Gasteiger partial charge in [0.15, 0.2) is 6.61 Å². The van der Waals surface area contributed by atoms with Gasteiger partial charge in [-0.05, 0) is 74.1 Å². The van der Waals surface area contributed by atoms with Crippen LogP contribution in [0.5, 0.6) is 5.75 Å². The highest BCUT2D eigenvalue weighted by atomic mass is 16.6. The fourth-order valence-electron chi connectivity index (χ4n) is 3.67. The summed E-state index contributed by atoms with van der Waals surface area (Å²) in [5.74, 6) is -0.588. The van der Waals surface area contributed by atoms with Crippen molar-refractivity contribution in [3.8, 4) is 5.75 Å². The van der Waals surface area contributed by atoms with Gasteiger partial charge in [-0.2, -0.15) is 0 Å².